The third-order valence-corrected chi connectivity index (χ3v) is 3.34. The van der Waals surface area contributed by atoms with Crippen molar-refractivity contribution in [1.82, 2.24) is 9.36 Å². The SMILES string of the molecule is Cc1nsc(SCCCC(=N)N)n1. The van der Waals surface area contributed by atoms with Crippen LogP contribution in [-0.2, 0) is 0 Å². The molecule has 1 aromatic rings. The predicted octanol–water partition coefficient (Wildman–Crippen LogP) is 1.65. The van der Waals surface area contributed by atoms with Gasteiger partial charge in [-0.1, -0.05) is 11.8 Å². The lowest BCUT2D eigenvalue weighted by atomic mass is 10.3. The van der Waals surface area contributed by atoms with Crippen LogP contribution in [0.5, 0.6) is 0 Å². The van der Waals surface area contributed by atoms with Crippen molar-refractivity contribution in [1.29, 1.82) is 5.41 Å². The summed E-state index contributed by atoms with van der Waals surface area (Å²) in [6.45, 7) is 1.89. The molecule has 0 atom stereocenters. The van der Waals surface area contributed by atoms with E-state index < -0.39 is 0 Å². The maximum Gasteiger partial charge on any atom is 0.170 e. The molecule has 0 aliphatic heterocycles. The summed E-state index contributed by atoms with van der Waals surface area (Å²) in [6.07, 6.45) is 1.60. The van der Waals surface area contributed by atoms with E-state index in [1.165, 1.54) is 11.5 Å². The highest BCUT2D eigenvalue weighted by Gasteiger charge is 2.00. The minimum Gasteiger partial charge on any atom is -0.388 e. The average Bonchev–Trinajstić information content (AvgIpc) is 2.45. The number of nitrogens with two attached hydrogens (primary N) is 1. The highest BCUT2D eigenvalue weighted by Crippen LogP contribution is 2.20. The van der Waals surface area contributed by atoms with Crippen molar-refractivity contribution in [3.05, 3.63) is 5.82 Å². The molecule has 0 aliphatic carbocycles. The van der Waals surface area contributed by atoms with Crippen LogP contribution in [0.15, 0.2) is 4.34 Å². The first kappa shape index (κ1) is 10.5. The van der Waals surface area contributed by atoms with E-state index in [0.717, 1.165) is 22.3 Å². The zero-order chi connectivity index (χ0) is 9.68. The summed E-state index contributed by atoms with van der Waals surface area (Å²) in [4.78, 5) is 4.21. The van der Waals surface area contributed by atoms with Gasteiger partial charge in [0.1, 0.15) is 5.82 Å². The molecule has 72 valence electrons. The summed E-state index contributed by atoms with van der Waals surface area (Å²) in [6, 6.07) is 0. The lowest BCUT2D eigenvalue weighted by molar-refractivity contribution is 0.986. The largest absolute Gasteiger partial charge is 0.388 e. The summed E-state index contributed by atoms with van der Waals surface area (Å²) in [5, 5.41) is 7.02. The first-order valence-electron chi connectivity index (χ1n) is 3.94. The van der Waals surface area contributed by atoms with Crippen LogP contribution in [-0.4, -0.2) is 20.9 Å². The molecule has 0 spiro atoms. The van der Waals surface area contributed by atoms with Gasteiger partial charge in [-0.05, 0) is 24.9 Å². The molecule has 6 heteroatoms. The van der Waals surface area contributed by atoms with E-state index in [9.17, 15) is 0 Å². The fourth-order valence-electron chi connectivity index (χ4n) is 0.759. The van der Waals surface area contributed by atoms with Crippen LogP contribution in [0.25, 0.3) is 0 Å². The maximum atomic E-state index is 7.02. The van der Waals surface area contributed by atoms with Crippen LogP contribution in [0.1, 0.15) is 18.7 Å². The van der Waals surface area contributed by atoms with Crippen LogP contribution in [0.3, 0.4) is 0 Å². The summed E-state index contributed by atoms with van der Waals surface area (Å²) in [5.41, 5.74) is 5.22. The number of hydrogen-bond donors (Lipinski definition) is 2. The van der Waals surface area contributed by atoms with Crippen molar-refractivity contribution in [3.63, 3.8) is 0 Å². The van der Waals surface area contributed by atoms with Crippen LogP contribution >= 0.6 is 23.3 Å². The Morgan fingerprint density at radius 2 is 2.46 bits per heavy atom. The first-order valence-corrected chi connectivity index (χ1v) is 5.70. The number of thioether (sulfide) groups is 1. The van der Waals surface area contributed by atoms with E-state index in [1.807, 2.05) is 6.92 Å². The molecule has 13 heavy (non-hydrogen) atoms. The van der Waals surface area contributed by atoms with E-state index in [2.05, 4.69) is 9.36 Å². The van der Waals surface area contributed by atoms with Crippen molar-refractivity contribution >= 4 is 29.1 Å². The zero-order valence-electron chi connectivity index (χ0n) is 7.41. The molecule has 4 nitrogen and oxygen atoms in total. The highest BCUT2D eigenvalue weighted by atomic mass is 32.2. The van der Waals surface area contributed by atoms with Crippen LogP contribution < -0.4 is 5.73 Å². The first-order chi connectivity index (χ1) is 6.18. The molecule has 0 amide bonds. The Labute approximate surface area is 85.6 Å². The Balaban J connectivity index is 2.16. The van der Waals surface area contributed by atoms with Gasteiger partial charge in [-0.25, -0.2) is 4.98 Å². The maximum absolute atomic E-state index is 7.02. The number of aryl methyl sites for hydroxylation is 1. The Morgan fingerprint density at radius 1 is 1.69 bits per heavy atom. The fourth-order valence-corrected chi connectivity index (χ4v) is 2.42. The quantitative estimate of drug-likeness (QED) is 0.340. The molecule has 1 rings (SSSR count). The van der Waals surface area contributed by atoms with Gasteiger partial charge in [-0.15, -0.1) is 0 Å². The normalized spacial score (nSPS) is 10.2. The third kappa shape index (κ3) is 4.23. The van der Waals surface area contributed by atoms with Gasteiger partial charge in [0.05, 0.1) is 5.84 Å². The summed E-state index contributed by atoms with van der Waals surface area (Å²) >= 11 is 3.10. The molecule has 3 N–H and O–H groups in total. The predicted molar refractivity (Wildman–Crippen MR) is 56.5 cm³/mol. The highest BCUT2D eigenvalue weighted by molar-refractivity contribution is 8.00. The van der Waals surface area contributed by atoms with Gasteiger partial charge in [0.15, 0.2) is 4.34 Å². The van der Waals surface area contributed by atoms with Crippen LogP contribution in [0, 0.1) is 12.3 Å². The Kier molecular flexibility index (Phi) is 4.17. The van der Waals surface area contributed by atoms with Crippen molar-refractivity contribution in [2.75, 3.05) is 5.75 Å². The molecule has 1 heterocycles. The summed E-state index contributed by atoms with van der Waals surface area (Å²) in [7, 11) is 0. The van der Waals surface area contributed by atoms with Gasteiger partial charge in [-0.3, -0.25) is 5.41 Å². The van der Waals surface area contributed by atoms with Crippen molar-refractivity contribution in [2.45, 2.75) is 24.1 Å². The van der Waals surface area contributed by atoms with Gasteiger partial charge in [0.25, 0.3) is 0 Å². The smallest absolute Gasteiger partial charge is 0.170 e. The Hall–Kier alpha value is -0.620. The zero-order valence-corrected chi connectivity index (χ0v) is 9.04. The van der Waals surface area contributed by atoms with Gasteiger partial charge in [0, 0.05) is 12.2 Å². The van der Waals surface area contributed by atoms with Gasteiger partial charge < -0.3 is 5.73 Å². The Morgan fingerprint density at radius 3 is 3.00 bits per heavy atom. The third-order valence-electron chi connectivity index (χ3n) is 1.32. The molecule has 0 unspecified atom stereocenters. The molecule has 0 fully saturated rings. The van der Waals surface area contributed by atoms with E-state index in [1.54, 1.807) is 11.8 Å². The van der Waals surface area contributed by atoms with Gasteiger partial charge in [0.2, 0.25) is 0 Å². The molecular formula is C7H12N4S2. The molecular weight excluding hydrogens is 204 g/mol. The van der Waals surface area contributed by atoms with Crippen molar-refractivity contribution in [2.24, 2.45) is 5.73 Å². The number of aromatic nitrogens is 2. The lowest BCUT2D eigenvalue weighted by Crippen LogP contribution is -2.08. The topological polar surface area (TPSA) is 75.7 Å². The van der Waals surface area contributed by atoms with Crippen molar-refractivity contribution < 1.29 is 0 Å². The number of nitrogens with zero attached hydrogens (tertiary/aromatic N) is 2. The lowest BCUT2D eigenvalue weighted by Gasteiger charge is -1.95. The second-order valence-corrected chi connectivity index (χ2v) is 4.68. The average molecular weight is 216 g/mol. The van der Waals surface area contributed by atoms with E-state index >= 15 is 0 Å². The molecule has 0 bridgehead atoms. The molecule has 0 saturated carbocycles. The van der Waals surface area contributed by atoms with Gasteiger partial charge in [-0.2, -0.15) is 4.37 Å². The number of amidine groups is 1. The molecule has 0 aromatic carbocycles. The number of nitrogens with one attached hydrogen (secondary N) is 1. The van der Waals surface area contributed by atoms with E-state index in [-0.39, 0.29) is 5.84 Å². The summed E-state index contributed by atoms with van der Waals surface area (Å²) in [5.74, 6) is 2.04. The van der Waals surface area contributed by atoms with Gasteiger partial charge >= 0.3 is 0 Å². The fraction of sp³-hybridized carbons (Fsp3) is 0.571. The van der Waals surface area contributed by atoms with E-state index in [4.69, 9.17) is 11.1 Å². The summed E-state index contributed by atoms with van der Waals surface area (Å²) < 4.78 is 5.07. The monoisotopic (exact) mass is 216 g/mol. The van der Waals surface area contributed by atoms with Crippen LogP contribution in [0.4, 0.5) is 0 Å². The minimum absolute atomic E-state index is 0.258. The van der Waals surface area contributed by atoms with Crippen molar-refractivity contribution in [3.8, 4) is 0 Å². The van der Waals surface area contributed by atoms with E-state index in [0.29, 0.717) is 6.42 Å². The molecule has 0 saturated heterocycles. The Bertz CT molecular complexity index is 284. The molecule has 0 aliphatic rings. The number of rotatable bonds is 5. The van der Waals surface area contributed by atoms with Crippen LogP contribution in [0.2, 0.25) is 0 Å². The minimum atomic E-state index is 0.258. The second-order valence-electron chi connectivity index (χ2n) is 2.58. The standard InChI is InChI=1S/C7H12N4S2/c1-5-10-7(13-11-5)12-4-2-3-6(8)9/h2-4H2,1H3,(H3,8,9). The molecule has 0 radical (unpaired) electrons. The molecule has 1 aromatic heterocycles. The number of hydrogen-bond acceptors (Lipinski definition) is 5. The second kappa shape index (κ2) is 5.18.